The number of hydrogen-bond donors (Lipinski definition) is 1. The second-order valence-corrected chi connectivity index (χ2v) is 5.57. The highest BCUT2D eigenvalue weighted by atomic mass is 16.3. The molecule has 5 nitrogen and oxygen atoms in total. The van der Waals surface area contributed by atoms with Crippen LogP contribution in [-0.2, 0) is 13.0 Å². The normalized spacial score (nSPS) is 11.0. The van der Waals surface area contributed by atoms with Crippen molar-refractivity contribution in [1.82, 2.24) is 19.5 Å². The van der Waals surface area contributed by atoms with Crippen molar-refractivity contribution in [2.45, 2.75) is 13.0 Å². The lowest BCUT2D eigenvalue weighted by Crippen LogP contribution is -2.00. The van der Waals surface area contributed by atoms with E-state index in [1.807, 2.05) is 47.2 Å². The zero-order valence-corrected chi connectivity index (χ0v) is 13.0. The third-order valence-corrected chi connectivity index (χ3v) is 4.08. The van der Waals surface area contributed by atoms with Gasteiger partial charge in [-0.15, -0.1) is 0 Å². The summed E-state index contributed by atoms with van der Waals surface area (Å²) >= 11 is 0. The van der Waals surface area contributed by atoms with Gasteiger partial charge in [0.1, 0.15) is 0 Å². The first kappa shape index (κ1) is 14.4. The summed E-state index contributed by atoms with van der Waals surface area (Å²) in [4.78, 5) is 12.8. The molecular weight excluding hydrogens is 300 g/mol. The van der Waals surface area contributed by atoms with E-state index in [2.05, 4.69) is 15.0 Å². The van der Waals surface area contributed by atoms with E-state index >= 15 is 0 Å². The zero-order valence-electron chi connectivity index (χ0n) is 13.0. The van der Waals surface area contributed by atoms with Crippen LogP contribution in [0.4, 0.5) is 0 Å². The van der Waals surface area contributed by atoms with Crippen molar-refractivity contribution in [2.24, 2.45) is 0 Å². The maximum atomic E-state index is 10.7. The van der Waals surface area contributed by atoms with Gasteiger partial charge in [-0.25, -0.2) is 0 Å². The summed E-state index contributed by atoms with van der Waals surface area (Å²) in [6, 6.07) is 11.6. The van der Waals surface area contributed by atoms with Crippen LogP contribution in [-0.4, -0.2) is 24.6 Å². The summed E-state index contributed by atoms with van der Waals surface area (Å²) in [5.74, 6) is 0.237. The molecule has 0 aliphatic carbocycles. The Kier molecular flexibility index (Phi) is 3.67. The quantitative estimate of drug-likeness (QED) is 0.626. The van der Waals surface area contributed by atoms with Crippen molar-refractivity contribution >= 4 is 10.9 Å². The van der Waals surface area contributed by atoms with E-state index in [0.29, 0.717) is 6.54 Å². The maximum Gasteiger partial charge on any atom is 0.201 e. The van der Waals surface area contributed by atoms with Crippen LogP contribution >= 0.6 is 0 Å². The van der Waals surface area contributed by atoms with Gasteiger partial charge in [0.2, 0.25) is 5.88 Å². The summed E-state index contributed by atoms with van der Waals surface area (Å²) in [6.07, 6.45) is 9.68. The van der Waals surface area contributed by atoms with Crippen LogP contribution in [0.15, 0.2) is 67.4 Å². The molecule has 4 heterocycles. The van der Waals surface area contributed by atoms with E-state index in [9.17, 15) is 5.11 Å². The van der Waals surface area contributed by atoms with Crippen LogP contribution in [0.2, 0.25) is 0 Å². The highest BCUT2D eigenvalue weighted by Crippen LogP contribution is 2.34. The first-order chi connectivity index (χ1) is 11.8. The van der Waals surface area contributed by atoms with Crippen molar-refractivity contribution in [3.63, 3.8) is 0 Å². The molecule has 0 radical (unpaired) electrons. The van der Waals surface area contributed by atoms with Crippen LogP contribution in [0.3, 0.4) is 0 Å². The number of pyridine rings is 3. The third-order valence-electron chi connectivity index (χ3n) is 4.08. The first-order valence-corrected chi connectivity index (χ1v) is 7.80. The van der Waals surface area contributed by atoms with Crippen molar-refractivity contribution in [1.29, 1.82) is 0 Å². The molecule has 0 bridgehead atoms. The van der Waals surface area contributed by atoms with Gasteiger partial charge >= 0.3 is 0 Å². The minimum absolute atomic E-state index is 0.237. The van der Waals surface area contributed by atoms with Gasteiger partial charge < -0.3 is 9.67 Å². The summed E-state index contributed by atoms with van der Waals surface area (Å²) in [5.41, 5.74) is 3.74. The summed E-state index contributed by atoms with van der Waals surface area (Å²) in [7, 11) is 0. The van der Waals surface area contributed by atoms with Crippen molar-refractivity contribution in [2.75, 3.05) is 0 Å². The SMILES string of the molecule is Oc1c2c(-c3ccncc3)ccnc2cn1CCc1ccccn1. The van der Waals surface area contributed by atoms with Crippen LogP contribution in [0.5, 0.6) is 5.88 Å². The number of aromatic hydroxyl groups is 1. The van der Waals surface area contributed by atoms with Crippen LogP contribution in [0.1, 0.15) is 5.69 Å². The van der Waals surface area contributed by atoms with Gasteiger partial charge in [-0.05, 0) is 41.5 Å². The Morgan fingerprint density at radius 3 is 2.58 bits per heavy atom. The number of rotatable bonds is 4. The average molecular weight is 316 g/mol. The Labute approximate surface area is 139 Å². The fraction of sp³-hybridized carbons (Fsp3) is 0.105. The molecule has 0 aliphatic rings. The fourth-order valence-corrected chi connectivity index (χ4v) is 2.89. The standard InChI is InChI=1S/C19H16N4O/c24-19-18-16(14-4-9-20-10-5-14)6-11-22-17(18)13-23(19)12-7-15-3-1-2-8-21-15/h1-6,8-11,13,24H,7,12H2. The topological polar surface area (TPSA) is 63.8 Å². The lowest BCUT2D eigenvalue weighted by molar-refractivity contribution is 0.422. The van der Waals surface area contributed by atoms with Gasteiger partial charge in [-0.3, -0.25) is 15.0 Å². The lowest BCUT2D eigenvalue weighted by atomic mass is 10.1. The van der Waals surface area contributed by atoms with E-state index in [1.165, 1.54) is 0 Å². The van der Waals surface area contributed by atoms with Gasteiger partial charge in [0.25, 0.3) is 0 Å². The van der Waals surface area contributed by atoms with E-state index in [1.54, 1.807) is 24.8 Å². The Balaban J connectivity index is 1.73. The molecule has 0 saturated carbocycles. The minimum Gasteiger partial charge on any atom is -0.494 e. The van der Waals surface area contributed by atoms with E-state index in [-0.39, 0.29) is 5.88 Å². The number of fused-ring (bicyclic) bond motifs is 1. The van der Waals surface area contributed by atoms with Gasteiger partial charge in [0.05, 0.1) is 10.9 Å². The molecule has 0 fully saturated rings. The van der Waals surface area contributed by atoms with Crippen LogP contribution in [0, 0.1) is 0 Å². The fourth-order valence-electron chi connectivity index (χ4n) is 2.89. The Hall–Kier alpha value is -3.21. The van der Waals surface area contributed by atoms with Crippen LogP contribution in [0.25, 0.3) is 22.0 Å². The molecule has 0 aromatic carbocycles. The van der Waals surface area contributed by atoms with Crippen LogP contribution < -0.4 is 0 Å². The number of nitrogens with zero attached hydrogens (tertiary/aromatic N) is 4. The van der Waals surface area contributed by atoms with Gasteiger partial charge in [-0.2, -0.15) is 0 Å². The molecule has 1 N–H and O–H groups in total. The minimum atomic E-state index is 0.237. The summed E-state index contributed by atoms with van der Waals surface area (Å²) in [5, 5.41) is 11.5. The predicted octanol–water partition coefficient (Wildman–Crippen LogP) is 3.44. The molecule has 4 aromatic rings. The van der Waals surface area contributed by atoms with Crippen molar-refractivity contribution in [3.8, 4) is 17.0 Å². The van der Waals surface area contributed by atoms with Crippen molar-refractivity contribution in [3.05, 3.63) is 73.1 Å². The molecule has 0 aliphatic heterocycles. The van der Waals surface area contributed by atoms with Crippen molar-refractivity contribution < 1.29 is 5.11 Å². The molecule has 24 heavy (non-hydrogen) atoms. The second-order valence-electron chi connectivity index (χ2n) is 5.57. The molecule has 0 spiro atoms. The second kappa shape index (κ2) is 6.12. The monoisotopic (exact) mass is 316 g/mol. The molecule has 0 saturated heterocycles. The summed E-state index contributed by atoms with van der Waals surface area (Å²) in [6.45, 7) is 0.648. The molecule has 0 amide bonds. The largest absolute Gasteiger partial charge is 0.494 e. The van der Waals surface area contributed by atoms with Gasteiger partial charge in [0.15, 0.2) is 0 Å². The van der Waals surface area contributed by atoms with Gasteiger partial charge in [-0.1, -0.05) is 6.07 Å². The zero-order chi connectivity index (χ0) is 16.4. The van der Waals surface area contributed by atoms with E-state index < -0.39 is 0 Å². The molecule has 0 unspecified atom stereocenters. The Morgan fingerprint density at radius 2 is 1.79 bits per heavy atom. The van der Waals surface area contributed by atoms with E-state index in [4.69, 9.17) is 0 Å². The lowest BCUT2D eigenvalue weighted by Gasteiger charge is -2.06. The smallest absolute Gasteiger partial charge is 0.201 e. The average Bonchev–Trinajstić information content (AvgIpc) is 2.98. The summed E-state index contributed by atoms with van der Waals surface area (Å²) < 4.78 is 1.83. The molecule has 118 valence electrons. The molecule has 5 heteroatoms. The number of aryl methyl sites for hydroxylation is 2. The molecule has 4 aromatic heterocycles. The highest BCUT2D eigenvalue weighted by Gasteiger charge is 2.14. The Bertz CT molecular complexity index is 965. The molecular formula is C19H16N4O. The third kappa shape index (κ3) is 2.60. The Morgan fingerprint density at radius 1 is 0.917 bits per heavy atom. The number of aromatic nitrogens is 4. The maximum absolute atomic E-state index is 10.7. The predicted molar refractivity (Wildman–Crippen MR) is 92.6 cm³/mol. The highest BCUT2D eigenvalue weighted by molar-refractivity contribution is 5.98. The first-order valence-electron chi connectivity index (χ1n) is 7.80. The molecule has 4 rings (SSSR count). The van der Waals surface area contributed by atoms with E-state index in [0.717, 1.165) is 34.1 Å². The molecule has 0 atom stereocenters. The van der Waals surface area contributed by atoms with Gasteiger partial charge in [0, 0.05) is 49.6 Å². The number of hydrogen-bond acceptors (Lipinski definition) is 4.